The molecule has 6 rings (SSSR count). The molecule has 0 aliphatic carbocycles. The van der Waals surface area contributed by atoms with Crippen LogP contribution >= 0.6 is 22.7 Å². The molecule has 4 aromatic rings. The number of benzene rings is 2. The predicted molar refractivity (Wildman–Crippen MR) is 180 cm³/mol. The number of likely N-dealkylation sites (N-methyl/N-ethyl adjacent to an activating group) is 2. The lowest BCUT2D eigenvalue weighted by atomic mass is 10.1. The summed E-state index contributed by atoms with van der Waals surface area (Å²) < 4.78 is 26.5. The van der Waals surface area contributed by atoms with Crippen LogP contribution in [-0.2, 0) is 26.2 Å². The molecule has 2 aromatic heterocycles. The maximum Gasteiger partial charge on any atom is 0.318 e. The first-order chi connectivity index (χ1) is 22.1. The van der Waals surface area contributed by atoms with E-state index in [1.54, 1.807) is 44.6 Å². The first-order valence-corrected chi connectivity index (χ1v) is 16.9. The number of carbonyl (C=O) groups excluding carboxylic acids is 2. The number of amides is 4. The van der Waals surface area contributed by atoms with Gasteiger partial charge in [-0.25, -0.2) is 18.4 Å². The second-order valence-corrected chi connectivity index (χ2v) is 13.5. The number of hydrogen-bond acceptors (Lipinski definition) is 6. The molecule has 8 nitrogen and oxygen atoms in total. The molecule has 0 saturated carbocycles. The maximum absolute atomic E-state index is 13.3. The number of urea groups is 2. The fraction of sp³-hybridized carbons (Fsp3) is 0.353. The molecule has 4 heterocycles. The van der Waals surface area contributed by atoms with E-state index in [0.717, 1.165) is 22.3 Å². The Kier molecular flexibility index (Phi) is 11.1. The van der Waals surface area contributed by atoms with Crippen molar-refractivity contribution in [3.8, 4) is 0 Å². The van der Waals surface area contributed by atoms with Crippen LogP contribution in [-0.4, -0.2) is 72.9 Å². The number of thiophene rings is 2. The van der Waals surface area contributed by atoms with Crippen LogP contribution in [0.3, 0.4) is 0 Å². The van der Waals surface area contributed by atoms with Gasteiger partial charge in [-0.05, 0) is 119 Å². The van der Waals surface area contributed by atoms with Crippen molar-refractivity contribution in [1.29, 1.82) is 0 Å². The van der Waals surface area contributed by atoms with Crippen molar-refractivity contribution in [2.45, 2.75) is 38.3 Å². The second kappa shape index (κ2) is 15.2. The van der Waals surface area contributed by atoms with E-state index in [-0.39, 0.29) is 35.8 Å². The first kappa shape index (κ1) is 33.5. The quantitative estimate of drug-likeness (QED) is 0.228. The molecule has 0 spiro atoms. The summed E-state index contributed by atoms with van der Waals surface area (Å²) in [5, 5.41) is 14.3. The zero-order valence-electron chi connectivity index (χ0n) is 26.5. The molecule has 12 heteroatoms. The van der Waals surface area contributed by atoms with Crippen molar-refractivity contribution < 1.29 is 18.4 Å². The van der Waals surface area contributed by atoms with Crippen LogP contribution in [0.5, 0.6) is 0 Å². The van der Waals surface area contributed by atoms with E-state index in [4.69, 9.17) is 0 Å². The van der Waals surface area contributed by atoms with Gasteiger partial charge in [0.2, 0.25) is 0 Å². The molecule has 2 aromatic carbocycles. The Balaban J connectivity index is 0.000000181. The van der Waals surface area contributed by atoms with Crippen molar-refractivity contribution in [2.24, 2.45) is 0 Å². The average molecular weight is 667 g/mol. The number of rotatable bonds is 8. The molecule has 0 fully saturated rings. The number of nitrogens with one attached hydrogen (secondary N) is 2. The van der Waals surface area contributed by atoms with Gasteiger partial charge in [0.1, 0.15) is 11.6 Å². The molecule has 46 heavy (non-hydrogen) atoms. The van der Waals surface area contributed by atoms with Gasteiger partial charge >= 0.3 is 12.1 Å². The van der Waals surface area contributed by atoms with E-state index in [2.05, 4.69) is 43.3 Å². The Morgan fingerprint density at radius 3 is 1.41 bits per heavy atom. The van der Waals surface area contributed by atoms with E-state index < -0.39 is 0 Å². The van der Waals surface area contributed by atoms with Crippen LogP contribution in [0.1, 0.15) is 45.5 Å². The van der Waals surface area contributed by atoms with Crippen LogP contribution in [0.4, 0.5) is 18.4 Å². The topological polar surface area (TPSA) is 71.2 Å². The zero-order valence-corrected chi connectivity index (χ0v) is 28.1. The lowest BCUT2D eigenvalue weighted by Crippen LogP contribution is -2.40. The summed E-state index contributed by atoms with van der Waals surface area (Å²) in [7, 11) is 8.01. The highest BCUT2D eigenvalue weighted by Gasteiger charge is 2.26. The molecule has 4 amide bonds. The summed E-state index contributed by atoms with van der Waals surface area (Å²) in [5.74, 6) is -0.507. The first-order valence-electron chi connectivity index (χ1n) is 15.1. The van der Waals surface area contributed by atoms with E-state index in [0.29, 0.717) is 39.3 Å². The largest absolute Gasteiger partial charge is 0.336 e. The minimum absolute atomic E-state index is 0.108. The van der Waals surface area contributed by atoms with E-state index in [1.807, 2.05) is 39.0 Å². The highest BCUT2D eigenvalue weighted by molar-refractivity contribution is 7.08. The summed E-state index contributed by atoms with van der Waals surface area (Å²) in [4.78, 5) is 32.4. The third kappa shape index (κ3) is 8.30. The fourth-order valence-electron chi connectivity index (χ4n) is 5.73. The Hall–Kier alpha value is -3.84. The van der Waals surface area contributed by atoms with Crippen LogP contribution < -0.4 is 10.6 Å². The van der Waals surface area contributed by atoms with Gasteiger partial charge in [0.15, 0.2) is 0 Å². The summed E-state index contributed by atoms with van der Waals surface area (Å²) >= 11 is 3.31. The Bertz CT molecular complexity index is 1490. The average Bonchev–Trinajstić information content (AvgIpc) is 3.84. The molecule has 2 aliphatic heterocycles. The van der Waals surface area contributed by atoms with Gasteiger partial charge in [-0.2, -0.15) is 22.7 Å². The van der Waals surface area contributed by atoms with Gasteiger partial charge in [0.25, 0.3) is 0 Å². The van der Waals surface area contributed by atoms with Crippen molar-refractivity contribution in [3.63, 3.8) is 0 Å². The Morgan fingerprint density at radius 1 is 0.674 bits per heavy atom. The molecule has 0 unspecified atom stereocenters. The van der Waals surface area contributed by atoms with Gasteiger partial charge in [-0.1, -0.05) is 12.1 Å². The number of nitrogens with zero attached hydrogens (tertiary/aromatic N) is 4. The van der Waals surface area contributed by atoms with E-state index >= 15 is 0 Å². The van der Waals surface area contributed by atoms with Crippen molar-refractivity contribution >= 4 is 34.7 Å². The molecule has 0 bridgehead atoms. The summed E-state index contributed by atoms with van der Waals surface area (Å²) in [5.41, 5.74) is 6.22. The van der Waals surface area contributed by atoms with Crippen LogP contribution in [0.25, 0.3) is 0 Å². The number of fused-ring (bicyclic) bond motifs is 2. The smallest absolute Gasteiger partial charge is 0.318 e. The molecule has 2 N–H and O–H groups in total. The van der Waals surface area contributed by atoms with Gasteiger partial charge in [-0.15, -0.1) is 0 Å². The molecule has 0 radical (unpaired) electrons. The lowest BCUT2D eigenvalue weighted by Gasteiger charge is -2.25. The third-order valence-electron chi connectivity index (χ3n) is 8.35. The summed E-state index contributed by atoms with van der Waals surface area (Å²) in [6.45, 7) is 3.08. The third-order valence-corrected chi connectivity index (χ3v) is 9.75. The normalized spacial score (nSPS) is 14.9. The number of carbonyl (C=O) groups is 2. The molecular weight excluding hydrogens is 627 g/mol. The van der Waals surface area contributed by atoms with Gasteiger partial charge in [-0.3, -0.25) is 0 Å². The number of halogens is 2. The SMILES string of the molecule is CN(C)[C@@H](CNC(=O)N1Cc2ccc(F)cc2C1)c1ccsc1.CN(C)[C@H](CNC(=O)N1Cc2ccc(F)cc2C1)c1ccsc1. The van der Waals surface area contributed by atoms with Crippen LogP contribution in [0.2, 0.25) is 0 Å². The molecular formula is C34H40F2N6O2S2. The Morgan fingerprint density at radius 2 is 1.07 bits per heavy atom. The Labute approximate surface area is 277 Å². The molecule has 2 atom stereocenters. The standard InChI is InChI=1S/2C17H20FN3OS/c2*1-20(2)16(13-5-6-23-11-13)8-19-17(22)21-9-12-3-4-15(18)7-14(12)10-21/h2*3-7,11,16H,8-10H2,1-2H3,(H,19,22)/t2*16-/m10/s1. The lowest BCUT2D eigenvalue weighted by molar-refractivity contribution is 0.192. The van der Waals surface area contributed by atoms with Crippen molar-refractivity contribution in [2.75, 3.05) is 41.3 Å². The predicted octanol–water partition coefficient (Wildman–Crippen LogP) is 6.43. The van der Waals surface area contributed by atoms with Crippen molar-refractivity contribution in [3.05, 3.63) is 115 Å². The second-order valence-electron chi connectivity index (χ2n) is 12.0. The van der Waals surface area contributed by atoms with E-state index in [1.165, 1.54) is 35.4 Å². The minimum Gasteiger partial charge on any atom is -0.336 e. The minimum atomic E-state index is -0.254. The molecule has 244 valence electrons. The molecule has 0 saturated heterocycles. The maximum atomic E-state index is 13.3. The van der Waals surface area contributed by atoms with Crippen LogP contribution in [0, 0.1) is 11.6 Å². The fourth-order valence-corrected chi connectivity index (χ4v) is 7.15. The van der Waals surface area contributed by atoms with E-state index in [9.17, 15) is 18.4 Å². The monoisotopic (exact) mass is 666 g/mol. The summed E-state index contributed by atoms with van der Waals surface area (Å²) in [6, 6.07) is 13.7. The van der Waals surface area contributed by atoms with Gasteiger partial charge in [0, 0.05) is 39.3 Å². The van der Waals surface area contributed by atoms with Crippen molar-refractivity contribution in [1.82, 2.24) is 30.2 Å². The van der Waals surface area contributed by atoms with Gasteiger partial charge < -0.3 is 30.2 Å². The number of hydrogen-bond donors (Lipinski definition) is 2. The summed E-state index contributed by atoms with van der Waals surface area (Å²) in [6.07, 6.45) is 0. The highest BCUT2D eigenvalue weighted by atomic mass is 32.1. The zero-order chi connectivity index (χ0) is 32.8. The molecule has 2 aliphatic rings. The highest BCUT2D eigenvalue weighted by Crippen LogP contribution is 2.26. The van der Waals surface area contributed by atoms with Crippen LogP contribution in [0.15, 0.2) is 70.1 Å². The van der Waals surface area contributed by atoms with Gasteiger partial charge in [0.05, 0.1) is 12.1 Å².